The van der Waals surface area contributed by atoms with Crippen molar-refractivity contribution in [3.8, 4) is 0 Å². The third-order valence-corrected chi connectivity index (χ3v) is 1.68. The molecule has 0 radical (unpaired) electrons. The number of nitrogens with two attached hydrogens (primary N) is 1. The number of nitro groups is 1. The number of nitrogens with zero attached hydrogens (tertiary/aromatic N) is 3. The number of aromatic nitrogens is 2. The predicted octanol–water partition coefficient (Wildman–Crippen LogP) is 0.492. The molecule has 0 amide bonds. The van der Waals surface area contributed by atoms with Gasteiger partial charge < -0.3 is 10.7 Å². The molecule has 0 saturated carbocycles. The van der Waals surface area contributed by atoms with Crippen molar-refractivity contribution in [2.45, 2.75) is 13.3 Å². The predicted molar refractivity (Wildman–Crippen MR) is 55.3 cm³/mol. The zero-order valence-corrected chi connectivity index (χ0v) is 8.23. The molecule has 0 aliphatic carbocycles. The van der Waals surface area contributed by atoms with Crippen molar-refractivity contribution in [2.75, 3.05) is 17.3 Å². The highest BCUT2D eigenvalue weighted by Gasteiger charge is 2.21. The smallest absolute Gasteiger partial charge is 0.354 e. The molecule has 8 heteroatoms. The summed E-state index contributed by atoms with van der Waals surface area (Å²) in [5.41, 5.74) is 1.92. The van der Waals surface area contributed by atoms with E-state index in [2.05, 4.69) is 20.7 Å². The first-order valence-electron chi connectivity index (χ1n) is 4.40. The quantitative estimate of drug-likeness (QED) is 0.369. The molecule has 0 aromatic carbocycles. The minimum absolute atomic E-state index is 0.00592. The summed E-state index contributed by atoms with van der Waals surface area (Å²) in [6.45, 7) is 2.55. The summed E-state index contributed by atoms with van der Waals surface area (Å²) in [5, 5.41) is 13.6. The molecule has 0 unspecified atom stereocenters. The van der Waals surface area contributed by atoms with Crippen molar-refractivity contribution in [2.24, 2.45) is 5.84 Å². The van der Waals surface area contributed by atoms with Crippen molar-refractivity contribution in [3.63, 3.8) is 0 Å². The van der Waals surface area contributed by atoms with Crippen LogP contribution in [0.1, 0.15) is 13.3 Å². The third-order valence-electron chi connectivity index (χ3n) is 1.68. The number of nitrogens with one attached hydrogen (secondary N) is 2. The minimum Gasteiger partial charge on any atom is -0.364 e. The van der Waals surface area contributed by atoms with Gasteiger partial charge in [0.25, 0.3) is 0 Å². The first kappa shape index (κ1) is 11.1. The first-order chi connectivity index (χ1) is 7.20. The van der Waals surface area contributed by atoms with Gasteiger partial charge in [0.2, 0.25) is 11.6 Å². The average Bonchev–Trinajstić information content (AvgIpc) is 2.25. The van der Waals surface area contributed by atoms with E-state index >= 15 is 0 Å². The lowest BCUT2D eigenvalue weighted by Crippen LogP contribution is -2.13. The fourth-order valence-corrected chi connectivity index (χ4v) is 1.03. The van der Waals surface area contributed by atoms with E-state index in [4.69, 9.17) is 5.84 Å². The maximum atomic E-state index is 10.8. The van der Waals surface area contributed by atoms with Crippen LogP contribution in [0, 0.1) is 10.1 Å². The molecule has 15 heavy (non-hydrogen) atoms. The summed E-state index contributed by atoms with van der Waals surface area (Å²) in [6.07, 6.45) is 2.05. The van der Waals surface area contributed by atoms with Crippen LogP contribution in [0.2, 0.25) is 0 Å². The van der Waals surface area contributed by atoms with E-state index in [1.165, 1.54) is 6.33 Å². The Kier molecular flexibility index (Phi) is 3.75. The van der Waals surface area contributed by atoms with Crippen LogP contribution < -0.4 is 16.6 Å². The Morgan fingerprint density at radius 2 is 2.20 bits per heavy atom. The number of hydrazine groups is 1. The van der Waals surface area contributed by atoms with Crippen molar-refractivity contribution in [1.82, 2.24) is 9.97 Å². The van der Waals surface area contributed by atoms with Crippen molar-refractivity contribution >= 4 is 17.3 Å². The summed E-state index contributed by atoms with van der Waals surface area (Å²) in [7, 11) is 0. The second-order valence-electron chi connectivity index (χ2n) is 2.75. The second kappa shape index (κ2) is 5.05. The van der Waals surface area contributed by atoms with Crippen molar-refractivity contribution < 1.29 is 4.92 Å². The fourth-order valence-electron chi connectivity index (χ4n) is 1.03. The first-order valence-corrected chi connectivity index (χ1v) is 4.40. The molecule has 0 bridgehead atoms. The van der Waals surface area contributed by atoms with Gasteiger partial charge in [0.15, 0.2) is 0 Å². The highest BCUT2D eigenvalue weighted by molar-refractivity contribution is 5.68. The molecular formula is C7H12N6O2. The number of nitrogen functional groups attached to an aromatic ring is 1. The van der Waals surface area contributed by atoms with Crippen LogP contribution in [0.5, 0.6) is 0 Å². The Morgan fingerprint density at radius 1 is 1.53 bits per heavy atom. The van der Waals surface area contributed by atoms with Crippen LogP contribution in [0.25, 0.3) is 0 Å². The average molecular weight is 212 g/mol. The molecule has 82 valence electrons. The Hall–Kier alpha value is -1.96. The van der Waals surface area contributed by atoms with Gasteiger partial charge in [-0.15, -0.1) is 0 Å². The second-order valence-corrected chi connectivity index (χ2v) is 2.75. The van der Waals surface area contributed by atoms with E-state index < -0.39 is 4.92 Å². The summed E-state index contributed by atoms with van der Waals surface area (Å²) in [6, 6.07) is 0. The zero-order valence-electron chi connectivity index (χ0n) is 8.23. The van der Waals surface area contributed by atoms with E-state index in [0.29, 0.717) is 6.54 Å². The Morgan fingerprint density at radius 3 is 2.73 bits per heavy atom. The highest BCUT2D eigenvalue weighted by Crippen LogP contribution is 2.27. The summed E-state index contributed by atoms with van der Waals surface area (Å²) in [5.74, 6) is 5.28. The largest absolute Gasteiger partial charge is 0.364 e. The lowest BCUT2D eigenvalue weighted by Gasteiger charge is -2.06. The van der Waals surface area contributed by atoms with Gasteiger partial charge in [-0.3, -0.25) is 10.1 Å². The lowest BCUT2D eigenvalue weighted by atomic mass is 10.4. The Bertz CT molecular complexity index is 355. The van der Waals surface area contributed by atoms with Crippen LogP contribution in [0.15, 0.2) is 6.33 Å². The highest BCUT2D eigenvalue weighted by atomic mass is 16.6. The minimum atomic E-state index is -0.576. The van der Waals surface area contributed by atoms with Crippen LogP contribution in [-0.4, -0.2) is 21.4 Å². The number of anilines is 2. The zero-order chi connectivity index (χ0) is 11.3. The molecule has 4 N–H and O–H groups in total. The summed E-state index contributed by atoms with van der Waals surface area (Å²) < 4.78 is 0. The monoisotopic (exact) mass is 212 g/mol. The number of hydrogen-bond donors (Lipinski definition) is 3. The molecule has 0 saturated heterocycles. The standard InChI is InChI=1S/C7H12N6O2/c1-2-3-9-6-5(13(14)15)7(12-8)11-4-10-6/h4H,2-3,8H2,1H3,(H2,9,10,11,12). The molecule has 1 heterocycles. The van der Waals surface area contributed by atoms with Crippen LogP contribution in [0.3, 0.4) is 0 Å². The SMILES string of the molecule is CCCNc1ncnc(NN)c1[N+](=O)[O-]. The van der Waals surface area contributed by atoms with Crippen LogP contribution in [-0.2, 0) is 0 Å². The Labute approximate surface area is 86.0 Å². The molecular weight excluding hydrogens is 200 g/mol. The van der Waals surface area contributed by atoms with E-state index in [-0.39, 0.29) is 17.3 Å². The topological polar surface area (TPSA) is 119 Å². The molecule has 1 rings (SSSR count). The maximum Gasteiger partial charge on any atom is 0.354 e. The van der Waals surface area contributed by atoms with Crippen molar-refractivity contribution in [3.05, 3.63) is 16.4 Å². The molecule has 1 aromatic rings. The van der Waals surface area contributed by atoms with Gasteiger partial charge in [0.1, 0.15) is 6.33 Å². The van der Waals surface area contributed by atoms with E-state index in [1.807, 2.05) is 6.92 Å². The van der Waals surface area contributed by atoms with Gasteiger partial charge in [0, 0.05) is 6.54 Å². The van der Waals surface area contributed by atoms with Gasteiger partial charge in [-0.2, -0.15) is 0 Å². The normalized spacial score (nSPS) is 9.73. The summed E-state index contributed by atoms with van der Waals surface area (Å²) in [4.78, 5) is 17.6. The molecule has 0 atom stereocenters. The van der Waals surface area contributed by atoms with Gasteiger partial charge in [-0.25, -0.2) is 15.8 Å². The van der Waals surface area contributed by atoms with Crippen LogP contribution in [0.4, 0.5) is 17.3 Å². The Balaban J connectivity index is 3.07. The molecule has 0 aliphatic heterocycles. The number of hydrogen-bond acceptors (Lipinski definition) is 7. The van der Waals surface area contributed by atoms with Gasteiger partial charge in [-0.1, -0.05) is 6.92 Å². The maximum absolute atomic E-state index is 10.8. The summed E-state index contributed by atoms with van der Waals surface area (Å²) >= 11 is 0. The van der Waals surface area contributed by atoms with Gasteiger partial charge >= 0.3 is 5.69 Å². The molecule has 0 aliphatic rings. The van der Waals surface area contributed by atoms with E-state index in [9.17, 15) is 10.1 Å². The molecule has 0 fully saturated rings. The van der Waals surface area contributed by atoms with Crippen LogP contribution >= 0.6 is 0 Å². The molecule has 1 aromatic heterocycles. The lowest BCUT2D eigenvalue weighted by molar-refractivity contribution is -0.383. The fraction of sp³-hybridized carbons (Fsp3) is 0.429. The van der Waals surface area contributed by atoms with Gasteiger partial charge in [-0.05, 0) is 6.42 Å². The number of rotatable bonds is 5. The van der Waals surface area contributed by atoms with E-state index in [1.54, 1.807) is 0 Å². The van der Waals surface area contributed by atoms with Crippen molar-refractivity contribution in [1.29, 1.82) is 0 Å². The third kappa shape index (κ3) is 2.50. The molecule has 8 nitrogen and oxygen atoms in total. The van der Waals surface area contributed by atoms with Gasteiger partial charge in [0.05, 0.1) is 4.92 Å². The van der Waals surface area contributed by atoms with E-state index in [0.717, 1.165) is 6.42 Å². The molecule has 0 spiro atoms.